The number of hydrogen-bond donors (Lipinski definition) is 1. The number of aromatic nitrogens is 4. The molecule has 0 aliphatic rings. The Kier molecular flexibility index (Phi) is 7.43. The van der Waals surface area contributed by atoms with Crippen molar-refractivity contribution in [2.24, 2.45) is 0 Å². The van der Waals surface area contributed by atoms with Crippen molar-refractivity contribution in [3.05, 3.63) is 57.2 Å². The van der Waals surface area contributed by atoms with Gasteiger partial charge in [0.1, 0.15) is 6.73 Å². The van der Waals surface area contributed by atoms with E-state index in [4.69, 9.17) is 4.74 Å². The fourth-order valence-electron chi connectivity index (χ4n) is 2.69. The molecule has 0 atom stereocenters. The Morgan fingerprint density at radius 3 is 2.40 bits per heavy atom. The minimum atomic E-state index is -1.09. The topological polar surface area (TPSA) is 55.7 Å². The van der Waals surface area contributed by atoms with Crippen LogP contribution in [-0.4, -0.2) is 34.7 Å². The van der Waals surface area contributed by atoms with E-state index in [0.717, 1.165) is 20.5 Å². The maximum absolute atomic E-state index is 13.7. The Morgan fingerprint density at radius 1 is 1.03 bits per heavy atom. The zero-order chi connectivity index (χ0) is 21.9. The molecule has 30 heavy (non-hydrogen) atoms. The van der Waals surface area contributed by atoms with E-state index >= 15 is 0 Å². The van der Waals surface area contributed by atoms with Crippen molar-refractivity contribution >= 4 is 61.7 Å². The molecule has 0 radical (unpaired) electrons. The minimum Gasteiger partial charge on any atom is -0.360 e. The van der Waals surface area contributed by atoms with E-state index in [1.807, 2.05) is 18.2 Å². The lowest BCUT2D eigenvalue weighted by molar-refractivity contribution is 0.0804. The SMILES string of the molecule is C[Si](C)(C)CCOCn1nc(F)c2cc(Br)ccc21.Fc1[nH]nc2ccc(Br)cc12. The number of nitrogens with one attached hydrogen (secondary N) is 1. The second kappa shape index (κ2) is 9.67. The number of nitrogens with zero attached hydrogens (tertiary/aromatic N) is 3. The van der Waals surface area contributed by atoms with Crippen molar-refractivity contribution in [2.45, 2.75) is 32.4 Å². The van der Waals surface area contributed by atoms with Crippen LogP contribution in [0.1, 0.15) is 0 Å². The van der Waals surface area contributed by atoms with Crippen LogP contribution in [0.4, 0.5) is 8.78 Å². The summed E-state index contributed by atoms with van der Waals surface area (Å²) in [4.78, 5) is 0. The van der Waals surface area contributed by atoms with Crippen molar-refractivity contribution in [3.8, 4) is 0 Å². The van der Waals surface area contributed by atoms with Gasteiger partial charge in [0.05, 0.1) is 21.8 Å². The van der Waals surface area contributed by atoms with E-state index < -0.39 is 14.0 Å². The van der Waals surface area contributed by atoms with Crippen molar-refractivity contribution in [2.75, 3.05) is 6.61 Å². The maximum Gasteiger partial charge on any atom is 0.240 e. The second-order valence-corrected chi connectivity index (χ2v) is 15.5. The average Bonchev–Trinajstić information content (AvgIpc) is 3.19. The van der Waals surface area contributed by atoms with Gasteiger partial charge in [0.15, 0.2) is 0 Å². The quantitative estimate of drug-likeness (QED) is 0.218. The highest BCUT2D eigenvalue weighted by atomic mass is 79.9. The molecule has 10 heteroatoms. The van der Waals surface area contributed by atoms with Gasteiger partial charge < -0.3 is 4.74 Å². The van der Waals surface area contributed by atoms with Crippen molar-refractivity contribution < 1.29 is 13.5 Å². The molecule has 0 spiro atoms. The third-order valence-corrected chi connectivity index (χ3v) is 7.04. The number of halogens is 4. The highest BCUT2D eigenvalue weighted by Gasteiger charge is 2.13. The van der Waals surface area contributed by atoms with Crippen molar-refractivity contribution in [1.82, 2.24) is 20.0 Å². The van der Waals surface area contributed by atoms with E-state index in [2.05, 4.69) is 66.8 Å². The minimum absolute atomic E-state index is 0.298. The number of rotatable bonds is 5. The van der Waals surface area contributed by atoms with Gasteiger partial charge in [0.2, 0.25) is 11.9 Å². The molecule has 2 aromatic heterocycles. The van der Waals surface area contributed by atoms with Gasteiger partial charge in [-0.05, 0) is 42.4 Å². The molecule has 0 fully saturated rings. The third kappa shape index (κ3) is 5.96. The Bertz CT molecular complexity index is 1160. The molecule has 0 saturated heterocycles. The fourth-order valence-corrected chi connectivity index (χ4v) is 4.17. The van der Waals surface area contributed by atoms with Crippen LogP contribution in [0.15, 0.2) is 45.3 Å². The monoisotopic (exact) mass is 558 g/mol. The van der Waals surface area contributed by atoms with Crippen LogP contribution in [0.3, 0.4) is 0 Å². The highest BCUT2D eigenvalue weighted by Crippen LogP contribution is 2.22. The first kappa shape index (κ1) is 23.0. The molecule has 0 saturated carbocycles. The molecule has 0 unspecified atom stereocenters. The van der Waals surface area contributed by atoms with Crippen LogP contribution < -0.4 is 0 Å². The number of aromatic amines is 1. The molecule has 0 bridgehead atoms. The van der Waals surface area contributed by atoms with Crippen molar-refractivity contribution in [1.29, 1.82) is 0 Å². The Morgan fingerprint density at radius 2 is 1.70 bits per heavy atom. The lowest BCUT2D eigenvalue weighted by Crippen LogP contribution is -2.22. The Hall–Kier alpha value is -1.62. The smallest absolute Gasteiger partial charge is 0.240 e. The van der Waals surface area contributed by atoms with Crippen LogP contribution in [0, 0.1) is 11.9 Å². The summed E-state index contributed by atoms with van der Waals surface area (Å²) in [6, 6.07) is 11.8. The lowest BCUT2D eigenvalue weighted by Gasteiger charge is -2.15. The summed E-state index contributed by atoms with van der Waals surface area (Å²) in [5.41, 5.74) is 1.40. The Labute approximate surface area is 191 Å². The zero-order valence-corrected chi connectivity index (χ0v) is 21.0. The van der Waals surface area contributed by atoms with Gasteiger partial charge in [-0.25, -0.2) is 4.68 Å². The zero-order valence-electron chi connectivity index (χ0n) is 16.8. The standard InChI is InChI=1S/C13H18BrFN2OSi.C7H4BrFN2/c1-19(2,3)7-6-18-9-17-12-5-4-10(14)8-11(12)13(15)16-17;8-4-1-2-6-5(3-4)7(9)11-10-6/h4-5,8H,6-7,9H2,1-3H3;1-3H,(H,10,11). The first-order valence-corrected chi connectivity index (χ1v) is 14.6. The van der Waals surface area contributed by atoms with E-state index in [1.165, 1.54) is 0 Å². The van der Waals surface area contributed by atoms with E-state index in [0.29, 0.717) is 29.6 Å². The predicted molar refractivity (Wildman–Crippen MR) is 125 cm³/mol. The first-order valence-electron chi connectivity index (χ1n) is 9.32. The van der Waals surface area contributed by atoms with Crippen LogP contribution in [0.5, 0.6) is 0 Å². The third-order valence-electron chi connectivity index (χ3n) is 4.35. The summed E-state index contributed by atoms with van der Waals surface area (Å²) in [6.45, 7) is 7.91. The molecule has 0 amide bonds. The van der Waals surface area contributed by atoms with Crippen LogP contribution in [0.2, 0.25) is 25.7 Å². The lowest BCUT2D eigenvalue weighted by atomic mass is 10.2. The van der Waals surface area contributed by atoms with Gasteiger partial charge in [-0.15, -0.1) is 5.10 Å². The second-order valence-electron chi connectivity index (χ2n) is 8.00. The van der Waals surface area contributed by atoms with E-state index in [1.54, 1.807) is 22.9 Å². The van der Waals surface area contributed by atoms with Crippen LogP contribution in [0.25, 0.3) is 21.8 Å². The summed E-state index contributed by atoms with van der Waals surface area (Å²) < 4.78 is 35.3. The molecular formula is C20H22Br2F2N4OSi. The summed E-state index contributed by atoms with van der Waals surface area (Å²) in [7, 11) is -1.09. The predicted octanol–water partition coefficient (Wildman–Crippen LogP) is 6.71. The summed E-state index contributed by atoms with van der Waals surface area (Å²) in [6.07, 6.45) is 0. The molecule has 2 aromatic carbocycles. The first-order chi connectivity index (χ1) is 14.1. The number of hydrogen-bond acceptors (Lipinski definition) is 3. The molecule has 160 valence electrons. The highest BCUT2D eigenvalue weighted by molar-refractivity contribution is 9.10. The van der Waals surface area contributed by atoms with Crippen LogP contribution >= 0.6 is 31.9 Å². The van der Waals surface area contributed by atoms with Gasteiger partial charge in [-0.3, -0.25) is 5.10 Å². The molecule has 1 N–H and O–H groups in total. The molecular weight excluding hydrogens is 538 g/mol. The number of H-pyrrole nitrogens is 1. The fraction of sp³-hybridized carbons (Fsp3) is 0.300. The average molecular weight is 560 g/mol. The van der Waals surface area contributed by atoms with Crippen LogP contribution in [-0.2, 0) is 11.5 Å². The molecule has 0 aliphatic carbocycles. The van der Waals surface area contributed by atoms with E-state index in [-0.39, 0.29) is 5.95 Å². The van der Waals surface area contributed by atoms with Crippen molar-refractivity contribution in [3.63, 3.8) is 0 Å². The Balaban J connectivity index is 0.000000196. The molecule has 2 heterocycles. The van der Waals surface area contributed by atoms with Gasteiger partial charge in [-0.1, -0.05) is 51.5 Å². The summed E-state index contributed by atoms with van der Waals surface area (Å²) >= 11 is 6.57. The summed E-state index contributed by atoms with van der Waals surface area (Å²) in [5, 5.41) is 10.9. The summed E-state index contributed by atoms with van der Waals surface area (Å²) in [5.74, 6) is -0.841. The van der Waals surface area contributed by atoms with Gasteiger partial charge in [0, 0.05) is 23.6 Å². The largest absolute Gasteiger partial charge is 0.360 e. The maximum atomic E-state index is 13.7. The van der Waals surface area contributed by atoms with Gasteiger partial charge in [-0.2, -0.15) is 13.9 Å². The molecule has 5 nitrogen and oxygen atoms in total. The number of benzene rings is 2. The normalized spacial score (nSPS) is 11.7. The van der Waals surface area contributed by atoms with E-state index in [9.17, 15) is 8.78 Å². The van der Waals surface area contributed by atoms with Gasteiger partial charge >= 0.3 is 0 Å². The molecule has 4 aromatic rings. The van der Waals surface area contributed by atoms with Gasteiger partial charge in [0.25, 0.3) is 0 Å². The number of fused-ring (bicyclic) bond motifs is 2. The molecule has 0 aliphatic heterocycles. The number of ether oxygens (including phenoxy) is 1. The molecule has 4 rings (SSSR count).